The zero-order valence-electron chi connectivity index (χ0n) is 7.15. The third kappa shape index (κ3) is 1.45. The van der Waals surface area contributed by atoms with Gasteiger partial charge in [0, 0.05) is 18.4 Å². The van der Waals surface area contributed by atoms with E-state index in [0.29, 0.717) is 0 Å². The van der Waals surface area contributed by atoms with Crippen LogP contribution in [-0.4, -0.2) is 11.4 Å². The van der Waals surface area contributed by atoms with Crippen molar-refractivity contribution in [3.63, 3.8) is 0 Å². The summed E-state index contributed by atoms with van der Waals surface area (Å²) in [7, 11) is 0. The predicted molar refractivity (Wildman–Crippen MR) is 47.6 cm³/mol. The van der Waals surface area contributed by atoms with E-state index in [9.17, 15) is 0 Å². The number of hydrogen-bond acceptors (Lipinski definition) is 2. The van der Waals surface area contributed by atoms with E-state index in [1.807, 2.05) is 6.92 Å². The fraction of sp³-hybridized carbons (Fsp3) is 0.333. The van der Waals surface area contributed by atoms with E-state index in [2.05, 4.69) is 36.5 Å². The van der Waals surface area contributed by atoms with E-state index in [-0.39, 0.29) is 0 Å². The highest BCUT2D eigenvalue weighted by atomic mass is 15.2. The summed E-state index contributed by atoms with van der Waals surface area (Å²) in [4.78, 5) is 2.06. The minimum Gasteiger partial charge on any atom is -0.342 e. The minimum atomic E-state index is 0.906. The molecule has 0 aromatic carbocycles. The van der Waals surface area contributed by atoms with Crippen LogP contribution < -0.4 is 5.32 Å². The summed E-state index contributed by atoms with van der Waals surface area (Å²) in [5.74, 6) is 0.906. The molecule has 1 aliphatic rings. The largest absolute Gasteiger partial charge is 0.342 e. The Kier molecular flexibility index (Phi) is 2.03. The molecule has 1 aliphatic heterocycles. The number of nitrogens with zero attached hydrogens (tertiary/aromatic N) is 1. The van der Waals surface area contributed by atoms with Gasteiger partial charge in [-0.05, 0) is 19.4 Å². The number of rotatable bonds is 1. The van der Waals surface area contributed by atoms with Crippen molar-refractivity contribution < 1.29 is 0 Å². The Morgan fingerprint density at radius 1 is 1.55 bits per heavy atom. The number of hydrogen-bond donors (Lipinski definition) is 1. The second-order valence-electron chi connectivity index (χ2n) is 2.65. The molecule has 1 heterocycles. The summed E-state index contributed by atoms with van der Waals surface area (Å²) in [6.45, 7) is 12.8. The molecule has 0 spiro atoms. The Morgan fingerprint density at radius 2 is 2.18 bits per heavy atom. The van der Waals surface area contributed by atoms with Crippen LogP contribution >= 0.6 is 0 Å². The van der Waals surface area contributed by atoms with Crippen molar-refractivity contribution in [2.75, 3.05) is 6.54 Å². The lowest BCUT2D eigenvalue weighted by molar-refractivity contribution is 0.446. The Hall–Kier alpha value is -1.18. The molecule has 0 saturated heterocycles. The molecule has 0 fully saturated rings. The van der Waals surface area contributed by atoms with E-state index < -0.39 is 0 Å². The van der Waals surface area contributed by atoms with Crippen molar-refractivity contribution in [1.29, 1.82) is 0 Å². The van der Waals surface area contributed by atoms with Crippen LogP contribution in [0.1, 0.15) is 13.8 Å². The first-order valence-corrected chi connectivity index (χ1v) is 3.75. The van der Waals surface area contributed by atoms with Crippen LogP contribution in [0, 0.1) is 0 Å². The van der Waals surface area contributed by atoms with Crippen molar-refractivity contribution in [2.24, 2.45) is 0 Å². The summed E-state index contributed by atoms with van der Waals surface area (Å²) in [6, 6.07) is 0. The topological polar surface area (TPSA) is 15.3 Å². The summed E-state index contributed by atoms with van der Waals surface area (Å²) in [5.41, 5.74) is 2.11. The molecule has 0 saturated carbocycles. The Balaban J connectivity index is 2.86. The second-order valence-corrected chi connectivity index (χ2v) is 2.65. The lowest BCUT2D eigenvalue weighted by Gasteiger charge is -2.29. The van der Waals surface area contributed by atoms with Gasteiger partial charge in [-0.15, -0.1) is 0 Å². The van der Waals surface area contributed by atoms with Crippen LogP contribution in [0.4, 0.5) is 0 Å². The maximum Gasteiger partial charge on any atom is 0.102 e. The summed E-state index contributed by atoms with van der Waals surface area (Å²) in [5, 5.41) is 3.10. The fourth-order valence-electron chi connectivity index (χ4n) is 1.02. The minimum absolute atomic E-state index is 0.906. The molecule has 0 aromatic rings. The van der Waals surface area contributed by atoms with Crippen LogP contribution in [-0.2, 0) is 0 Å². The molecule has 1 rings (SSSR count). The zero-order chi connectivity index (χ0) is 8.43. The molecule has 0 unspecified atom stereocenters. The second kappa shape index (κ2) is 2.82. The van der Waals surface area contributed by atoms with E-state index in [4.69, 9.17) is 0 Å². The fourth-order valence-corrected chi connectivity index (χ4v) is 1.02. The zero-order valence-corrected chi connectivity index (χ0v) is 7.15. The van der Waals surface area contributed by atoms with Gasteiger partial charge in [-0.25, -0.2) is 0 Å². The van der Waals surface area contributed by atoms with Crippen molar-refractivity contribution in [3.05, 3.63) is 36.4 Å². The van der Waals surface area contributed by atoms with Gasteiger partial charge in [-0.1, -0.05) is 13.2 Å². The highest BCUT2D eigenvalue weighted by Gasteiger charge is 2.10. The van der Waals surface area contributed by atoms with E-state index in [1.54, 1.807) is 0 Å². The van der Waals surface area contributed by atoms with Gasteiger partial charge in [0.15, 0.2) is 0 Å². The van der Waals surface area contributed by atoms with Crippen molar-refractivity contribution >= 4 is 0 Å². The molecule has 0 bridgehead atoms. The summed E-state index contributed by atoms with van der Waals surface area (Å²) in [6.07, 6.45) is 2.06. The van der Waals surface area contributed by atoms with Crippen molar-refractivity contribution in [2.45, 2.75) is 13.8 Å². The van der Waals surface area contributed by atoms with E-state index in [0.717, 1.165) is 18.1 Å². The average Bonchev–Trinajstić information content (AvgIpc) is 1.97. The molecule has 0 atom stereocenters. The number of nitrogens with one attached hydrogen (secondary N) is 1. The lowest BCUT2D eigenvalue weighted by atomic mass is 10.2. The Labute approximate surface area is 67.9 Å². The number of allylic oxidation sites excluding steroid dienone is 1. The smallest absolute Gasteiger partial charge is 0.102 e. The Bertz CT molecular complexity index is 226. The molecule has 0 aliphatic carbocycles. The van der Waals surface area contributed by atoms with Gasteiger partial charge in [0.2, 0.25) is 0 Å². The van der Waals surface area contributed by atoms with Gasteiger partial charge >= 0.3 is 0 Å². The van der Waals surface area contributed by atoms with Crippen LogP contribution in [0.5, 0.6) is 0 Å². The standard InChI is InChI=1S/C9H14N2/c1-5-11-6-7(2)8(3)10-9(11)4/h6,10H,3-5H2,1-2H3. The van der Waals surface area contributed by atoms with Gasteiger partial charge in [-0.3, -0.25) is 0 Å². The van der Waals surface area contributed by atoms with Gasteiger partial charge in [0.1, 0.15) is 5.82 Å². The van der Waals surface area contributed by atoms with E-state index >= 15 is 0 Å². The quantitative estimate of drug-likeness (QED) is 0.613. The molecular weight excluding hydrogens is 136 g/mol. The van der Waals surface area contributed by atoms with Gasteiger partial charge in [0.25, 0.3) is 0 Å². The maximum atomic E-state index is 3.86. The molecule has 0 amide bonds. The van der Waals surface area contributed by atoms with Crippen LogP contribution in [0.3, 0.4) is 0 Å². The highest BCUT2D eigenvalue weighted by molar-refractivity contribution is 5.31. The first kappa shape index (κ1) is 7.92. The van der Waals surface area contributed by atoms with Gasteiger partial charge in [0.05, 0.1) is 0 Å². The summed E-state index contributed by atoms with van der Waals surface area (Å²) < 4.78 is 0. The third-order valence-electron chi connectivity index (χ3n) is 1.81. The lowest BCUT2D eigenvalue weighted by Crippen LogP contribution is -2.31. The molecule has 2 heteroatoms. The third-order valence-corrected chi connectivity index (χ3v) is 1.81. The summed E-state index contributed by atoms with van der Waals surface area (Å²) >= 11 is 0. The molecule has 11 heavy (non-hydrogen) atoms. The molecular formula is C9H14N2. The monoisotopic (exact) mass is 150 g/mol. The van der Waals surface area contributed by atoms with Gasteiger partial charge < -0.3 is 10.2 Å². The predicted octanol–water partition coefficient (Wildman–Crippen LogP) is 1.80. The van der Waals surface area contributed by atoms with E-state index in [1.165, 1.54) is 5.57 Å². The maximum absolute atomic E-state index is 3.86. The normalized spacial score (nSPS) is 18.0. The molecule has 0 aromatic heterocycles. The molecule has 0 radical (unpaired) electrons. The molecule has 1 N–H and O–H groups in total. The van der Waals surface area contributed by atoms with Crippen molar-refractivity contribution in [3.8, 4) is 0 Å². The molecule has 60 valence electrons. The molecule has 2 nitrogen and oxygen atoms in total. The van der Waals surface area contributed by atoms with Crippen molar-refractivity contribution in [1.82, 2.24) is 10.2 Å². The van der Waals surface area contributed by atoms with Crippen LogP contribution in [0.25, 0.3) is 0 Å². The Morgan fingerprint density at radius 3 is 2.73 bits per heavy atom. The first-order chi connectivity index (χ1) is 5.15. The highest BCUT2D eigenvalue weighted by Crippen LogP contribution is 2.15. The van der Waals surface area contributed by atoms with Gasteiger partial charge in [-0.2, -0.15) is 0 Å². The van der Waals surface area contributed by atoms with Crippen LogP contribution in [0.2, 0.25) is 0 Å². The first-order valence-electron chi connectivity index (χ1n) is 3.75. The SMILES string of the molecule is C=C1NC(=C)N(CC)C=C1C. The average molecular weight is 150 g/mol. The van der Waals surface area contributed by atoms with Crippen LogP contribution in [0.15, 0.2) is 36.4 Å².